The minimum absolute atomic E-state index is 0.115. The van der Waals surface area contributed by atoms with Crippen molar-refractivity contribution < 1.29 is 9.13 Å². The average molecular weight is 322 g/mol. The van der Waals surface area contributed by atoms with Crippen molar-refractivity contribution in [2.24, 2.45) is 5.41 Å². The molecule has 0 aliphatic rings. The lowest BCUT2D eigenvalue weighted by atomic mass is 9.99. The summed E-state index contributed by atoms with van der Waals surface area (Å²) >= 11 is 5.85. The van der Waals surface area contributed by atoms with Crippen LogP contribution in [0.15, 0.2) is 42.5 Å². The second kappa shape index (κ2) is 7.12. The second-order valence-corrected chi connectivity index (χ2v) is 6.94. The van der Waals surface area contributed by atoms with E-state index in [9.17, 15) is 4.39 Å². The molecular formula is C18H21ClFNO. The Labute approximate surface area is 136 Å². The minimum atomic E-state index is -0.297. The lowest BCUT2D eigenvalue weighted by Gasteiger charge is -2.18. The molecule has 118 valence electrons. The van der Waals surface area contributed by atoms with Gasteiger partial charge in [-0.25, -0.2) is 4.39 Å². The molecule has 0 fully saturated rings. The number of halogens is 2. The highest BCUT2D eigenvalue weighted by Gasteiger charge is 2.10. The summed E-state index contributed by atoms with van der Waals surface area (Å²) < 4.78 is 19.6. The molecule has 2 aromatic carbocycles. The van der Waals surface area contributed by atoms with E-state index in [2.05, 4.69) is 26.1 Å². The van der Waals surface area contributed by atoms with E-state index in [1.807, 2.05) is 12.1 Å². The van der Waals surface area contributed by atoms with Crippen molar-refractivity contribution in [2.45, 2.75) is 27.4 Å². The molecule has 0 unspecified atom stereocenters. The molecular weight excluding hydrogens is 301 g/mol. The number of benzene rings is 2. The summed E-state index contributed by atoms with van der Waals surface area (Å²) in [5, 5.41) is 3.71. The molecule has 0 saturated heterocycles. The van der Waals surface area contributed by atoms with Crippen LogP contribution in [-0.4, -0.2) is 6.61 Å². The van der Waals surface area contributed by atoms with Crippen LogP contribution in [0.2, 0.25) is 5.02 Å². The normalized spacial score (nSPS) is 11.5. The Morgan fingerprint density at radius 2 is 1.77 bits per heavy atom. The monoisotopic (exact) mass is 321 g/mol. The largest absolute Gasteiger partial charge is 0.376 e. The number of anilines is 2. The standard InChI is InChI=1S/C18H21ClFNO/c1-18(2,3)12-22-11-13-4-9-16(20)17(10-13)21-15-7-5-14(19)6-8-15/h4-10,21H,11-12H2,1-3H3. The molecule has 0 heterocycles. The van der Waals surface area contributed by atoms with Crippen LogP contribution < -0.4 is 5.32 Å². The number of hydrogen-bond donors (Lipinski definition) is 1. The molecule has 0 aromatic heterocycles. The van der Waals surface area contributed by atoms with E-state index in [1.54, 1.807) is 24.3 Å². The first-order valence-corrected chi connectivity index (χ1v) is 7.60. The highest BCUT2D eigenvalue weighted by Crippen LogP contribution is 2.23. The van der Waals surface area contributed by atoms with Crippen LogP contribution in [0.4, 0.5) is 15.8 Å². The van der Waals surface area contributed by atoms with Gasteiger partial charge in [0.05, 0.1) is 18.9 Å². The minimum Gasteiger partial charge on any atom is -0.376 e. The summed E-state index contributed by atoms with van der Waals surface area (Å²) in [6.45, 7) is 7.47. The van der Waals surface area contributed by atoms with E-state index in [0.29, 0.717) is 23.9 Å². The Morgan fingerprint density at radius 1 is 1.09 bits per heavy atom. The topological polar surface area (TPSA) is 21.3 Å². The Bertz CT molecular complexity index is 620. The number of hydrogen-bond acceptors (Lipinski definition) is 2. The second-order valence-electron chi connectivity index (χ2n) is 6.50. The lowest BCUT2D eigenvalue weighted by molar-refractivity contribution is 0.0599. The Hall–Kier alpha value is -1.58. The molecule has 0 amide bonds. The quantitative estimate of drug-likeness (QED) is 0.753. The van der Waals surface area contributed by atoms with Crippen molar-refractivity contribution >= 4 is 23.0 Å². The average Bonchev–Trinajstić information content (AvgIpc) is 2.43. The molecule has 4 heteroatoms. The lowest BCUT2D eigenvalue weighted by Crippen LogP contribution is -2.14. The van der Waals surface area contributed by atoms with Crippen LogP contribution in [0, 0.1) is 11.2 Å². The van der Waals surface area contributed by atoms with Crippen molar-refractivity contribution in [1.29, 1.82) is 0 Å². The molecule has 2 rings (SSSR count). The van der Waals surface area contributed by atoms with Gasteiger partial charge in [-0.3, -0.25) is 0 Å². The number of ether oxygens (including phenoxy) is 1. The summed E-state index contributed by atoms with van der Waals surface area (Å²) in [5.41, 5.74) is 2.27. The molecule has 2 aromatic rings. The SMILES string of the molecule is CC(C)(C)COCc1ccc(F)c(Nc2ccc(Cl)cc2)c1. The summed E-state index contributed by atoms with van der Waals surface area (Å²) in [5.74, 6) is -0.297. The zero-order chi connectivity index (χ0) is 16.2. The van der Waals surface area contributed by atoms with Gasteiger partial charge in [-0.2, -0.15) is 0 Å². The summed E-state index contributed by atoms with van der Waals surface area (Å²) in [4.78, 5) is 0. The molecule has 0 aliphatic carbocycles. The van der Waals surface area contributed by atoms with Gasteiger partial charge in [0.1, 0.15) is 5.82 Å². The molecule has 1 N–H and O–H groups in total. The molecule has 0 radical (unpaired) electrons. The Kier molecular flexibility index (Phi) is 5.43. The highest BCUT2D eigenvalue weighted by molar-refractivity contribution is 6.30. The van der Waals surface area contributed by atoms with Crippen LogP contribution in [0.5, 0.6) is 0 Å². The van der Waals surface area contributed by atoms with Crippen LogP contribution in [0.25, 0.3) is 0 Å². The fraction of sp³-hybridized carbons (Fsp3) is 0.333. The Morgan fingerprint density at radius 3 is 2.41 bits per heavy atom. The summed E-state index contributed by atoms with van der Waals surface area (Å²) in [6.07, 6.45) is 0. The maximum Gasteiger partial charge on any atom is 0.146 e. The van der Waals surface area contributed by atoms with E-state index in [1.165, 1.54) is 6.07 Å². The van der Waals surface area contributed by atoms with E-state index in [-0.39, 0.29) is 11.2 Å². The molecule has 2 nitrogen and oxygen atoms in total. The Balaban J connectivity index is 2.05. The smallest absolute Gasteiger partial charge is 0.146 e. The van der Waals surface area contributed by atoms with Gasteiger partial charge in [-0.05, 0) is 47.4 Å². The molecule has 0 spiro atoms. The van der Waals surface area contributed by atoms with Gasteiger partial charge in [0.15, 0.2) is 0 Å². The van der Waals surface area contributed by atoms with Crippen molar-refractivity contribution in [2.75, 3.05) is 11.9 Å². The van der Waals surface area contributed by atoms with E-state index < -0.39 is 0 Å². The van der Waals surface area contributed by atoms with Crippen LogP contribution in [-0.2, 0) is 11.3 Å². The van der Waals surface area contributed by atoms with Crippen molar-refractivity contribution in [3.05, 3.63) is 58.9 Å². The third-order valence-corrected chi connectivity index (χ3v) is 3.21. The van der Waals surface area contributed by atoms with Gasteiger partial charge in [0.25, 0.3) is 0 Å². The maximum atomic E-state index is 13.9. The first-order chi connectivity index (χ1) is 10.3. The van der Waals surface area contributed by atoms with Crippen molar-refractivity contribution in [3.63, 3.8) is 0 Å². The van der Waals surface area contributed by atoms with Crippen LogP contribution in [0.3, 0.4) is 0 Å². The first-order valence-electron chi connectivity index (χ1n) is 7.22. The number of nitrogens with one attached hydrogen (secondary N) is 1. The van der Waals surface area contributed by atoms with Gasteiger partial charge in [0, 0.05) is 10.7 Å². The fourth-order valence-electron chi connectivity index (χ4n) is 1.92. The van der Waals surface area contributed by atoms with Gasteiger partial charge >= 0.3 is 0 Å². The van der Waals surface area contributed by atoms with E-state index in [0.717, 1.165) is 11.3 Å². The van der Waals surface area contributed by atoms with Crippen LogP contribution >= 0.6 is 11.6 Å². The first kappa shape index (κ1) is 16.8. The fourth-order valence-corrected chi connectivity index (χ4v) is 2.05. The maximum absolute atomic E-state index is 13.9. The number of rotatable bonds is 5. The van der Waals surface area contributed by atoms with E-state index in [4.69, 9.17) is 16.3 Å². The molecule has 0 aliphatic heterocycles. The van der Waals surface area contributed by atoms with Gasteiger partial charge in [-0.15, -0.1) is 0 Å². The van der Waals surface area contributed by atoms with Gasteiger partial charge in [0.2, 0.25) is 0 Å². The highest BCUT2D eigenvalue weighted by atomic mass is 35.5. The zero-order valence-electron chi connectivity index (χ0n) is 13.1. The molecule has 0 atom stereocenters. The third kappa shape index (κ3) is 5.32. The predicted molar refractivity (Wildman–Crippen MR) is 90.2 cm³/mol. The predicted octanol–water partition coefficient (Wildman–Crippen LogP) is 5.79. The third-order valence-electron chi connectivity index (χ3n) is 2.96. The van der Waals surface area contributed by atoms with Gasteiger partial charge in [-0.1, -0.05) is 38.4 Å². The zero-order valence-corrected chi connectivity index (χ0v) is 13.9. The molecule has 0 saturated carbocycles. The molecule has 22 heavy (non-hydrogen) atoms. The van der Waals surface area contributed by atoms with Gasteiger partial charge < -0.3 is 10.1 Å². The summed E-state index contributed by atoms with van der Waals surface area (Å²) in [7, 11) is 0. The van der Waals surface area contributed by atoms with Crippen molar-refractivity contribution in [1.82, 2.24) is 0 Å². The summed E-state index contributed by atoms with van der Waals surface area (Å²) in [6, 6.07) is 12.1. The molecule has 0 bridgehead atoms. The van der Waals surface area contributed by atoms with Crippen LogP contribution in [0.1, 0.15) is 26.3 Å². The van der Waals surface area contributed by atoms with E-state index >= 15 is 0 Å². The van der Waals surface area contributed by atoms with Crippen molar-refractivity contribution in [3.8, 4) is 0 Å².